The van der Waals surface area contributed by atoms with Crippen LogP contribution in [0.2, 0.25) is 0 Å². The lowest BCUT2D eigenvalue weighted by atomic mass is 9.95. The highest BCUT2D eigenvalue weighted by Gasteiger charge is 2.34. The Morgan fingerprint density at radius 2 is 1.73 bits per heavy atom. The molecule has 0 aliphatic carbocycles. The molecule has 0 unspecified atom stereocenters. The number of ether oxygens (including phenoxy) is 4. The van der Waals surface area contributed by atoms with Gasteiger partial charge in [0, 0.05) is 30.4 Å². The number of anilines is 1. The summed E-state index contributed by atoms with van der Waals surface area (Å²) >= 11 is 1.27. The van der Waals surface area contributed by atoms with Crippen LogP contribution in [0.4, 0.5) is 5.69 Å². The van der Waals surface area contributed by atoms with E-state index in [0.717, 1.165) is 24.3 Å². The van der Waals surface area contributed by atoms with E-state index in [9.17, 15) is 9.59 Å². The van der Waals surface area contributed by atoms with Crippen LogP contribution < -0.4 is 34.0 Å². The molecule has 0 fully saturated rings. The lowest BCUT2D eigenvalue weighted by Gasteiger charge is -2.25. The lowest BCUT2D eigenvalue weighted by molar-refractivity contribution is -0.139. The van der Waals surface area contributed by atoms with Crippen LogP contribution in [-0.4, -0.2) is 51.1 Å². The second-order valence-corrected chi connectivity index (χ2v) is 10.3. The minimum Gasteiger partial charge on any atom is -0.496 e. The Morgan fingerprint density at radius 3 is 2.37 bits per heavy atom. The summed E-state index contributed by atoms with van der Waals surface area (Å²) < 4.78 is 24.4. The summed E-state index contributed by atoms with van der Waals surface area (Å²) in [5.74, 6) is 1.22. The van der Waals surface area contributed by atoms with Gasteiger partial charge in [-0.3, -0.25) is 9.36 Å². The smallest absolute Gasteiger partial charge is 0.338 e. The van der Waals surface area contributed by atoms with Gasteiger partial charge in [0.05, 0.1) is 49.3 Å². The molecule has 10 heteroatoms. The molecule has 9 nitrogen and oxygen atoms in total. The SMILES string of the molecule is CCOC(=O)C1=C(C)N=c2sc(=Cc3ccc(N(CC)CC)cc3OC)c(=O)n2[C@@H]1c1ccc(OC)c(OCC)c1. The Kier molecular flexibility index (Phi) is 9.54. The van der Waals surface area contributed by atoms with Crippen molar-refractivity contribution >= 4 is 29.1 Å². The Bertz CT molecular complexity index is 1630. The van der Waals surface area contributed by atoms with Crippen LogP contribution in [0.5, 0.6) is 17.2 Å². The number of esters is 1. The summed E-state index contributed by atoms with van der Waals surface area (Å²) in [5.41, 5.74) is 3.03. The Hall–Kier alpha value is -4.05. The third-order valence-electron chi connectivity index (χ3n) is 6.95. The minimum atomic E-state index is -0.760. The van der Waals surface area contributed by atoms with Crippen molar-refractivity contribution in [2.45, 2.75) is 40.7 Å². The van der Waals surface area contributed by atoms with Gasteiger partial charge in [-0.05, 0) is 70.5 Å². The molecule has 1 aliphatic heterocycles. The first kappa shape index (κ1) is 29.9. The molecule has 1 aromatic heterocycles. The second-order valence-electron chi connectivity index (χ2n) is 9.24. The van der Waals surface area contributed by atoms with Crippen LogP contribution >= 0.6 is 11.3 Å². The van der Waals surface area contributed by atoms with Gasteiger partial charge in [0.15, 0.2) is 16.3 Å². The molecule has 0 bridgehead atoms. The molecule has 0 N–H and O–H groups in total. The summed E-state index contributed by atoms with van der Waals surface area (Å²) in [5, 5.41) is 0. The zero-order valence-corrected chi connectivity index (χ0v) is 25.5. The van der Waals surface area contributed by atoms with Gasteiger partial charge in [-0.25, -0.2) is 9.79 Å². The Morgan fingerprint density at radius 1 is 1.00 bits per heavy atom. The fourth-order valence-electron chi connectivity index (χ4n) is 4.98. The van der Waals surface area contributed by atoms with Crippen LogP contribution in [0.3, 0.4) is 0 Å². The second kappa shape index (κ2) is 13.1. The molecule has 2 heterocycles. The average molecular weight is 580 g/mol. The van der Waals surface area contributed by atoms with E-state index < -0.39 is 12.0 Å². The molecule has 1 atom stereocenters. The van der Waals surface area contributed by atoms with E-state index in [2.05, 4.69) is 23.7 Å². The van der Waals surface area contributed by atoms with E-state index >= 15 is 0 Å². The van der Waals surface area contributed by atoms with E-state index in [1.807, 2.05) is 37.3 Å². The normalized spacial score (nSPS) is 14.8. The number of hydrogen-bond donors (Lipinski definition) is 0. The summed E-state index contributed by atoms with van der Waals surface area (Å²) in [4.78, 5) is 34.7. The number of thiazole rings is 1. The van der Waals surface area contributed by atoms with Crippen molar-refractivity contribution < 1.29 is 23.7 Å². The van der Waals surface area contributed by atoms with Crippen molar-refractivity contribution in [3.05, 3.63) is 78.5 Å². The number of allylic oxidation sites excluding steroid dienone is 1. The Labute approximate surface area is 244 Å². The lowest BCUT2D eigenvalue weighted by Crippen LogP contribution is -2.40. The van der Waals surface area contributed by atoms with Crippen LogP contribution in [0.25, 0.3) is 6.08 Å². The highest BCUT2D eigenvalue weighted by atomic mass is 32.1. The molecule has 0 radical (unpaired) electrons. The number of carbonyl (C=O) groups is 1. The zero-order chi connectivity index (χ0) is 29.7. The molecular weight excluding hydrogens is 542 g/mol. The average Bonchev–Trinajstić information content (AvgIpc) is 3.27. The van der Waals surface area contributed by atoms with Crippen LogP contribution in [0, 0.1) is 0 Å². The van der Waals surface area contributed by atoms with Gasteiger partial charge in [0.2, 0.25) is 0 Å². The molecule has 0 spiro atoms. The van der Waals surface area contributed by atoms with Crippen LogP contribution in [0.1, 0.15) is 51.8 Å². The van der Waals surface area contributed by atoms with Crippen molar-refractivity contribution in [2.24, 2.45) is 4.99 Å². The molecular formula is C31H37N3O6S. The topological polar surface area (TPSA) is 91.6 Å². The van der Waals surface area contributed by atoms with Gasteiger partial charge in [-0.15, -0.1) is 0 Å². The maximum atomic E-state index is 14.0. The molecule has 41 heavy (non-hydrogen) atoms. The summed E-state index contributed by atoms with van der Waals surface area (Å²) in [7, 11) is 3.19. The Balaban J connectivity index is 1.93. The van der Waals surface area contributed by atoms with Crippen molar-refractivity contribution in [3.63, 3.8) is 0 Å². The third-order valence-corrected chi connectivity index (χ3v) is 7.94. The summed E-state index contributed by atoms with van der Waals surface area (Å²) in [6.45, 7) is 12.0. The highest BCUT2D eigenvalue weighted by molar-refractivity contribution is 7.07. The van der Waals surface area contributed by atoms with Gasteiger partial charge >= 0.3 is 5.97 Å². The van der Waals surface area contributed by atoms with Gasteiger partial charge in [-0.2, -0.15) is 0 Å². The number of carbonyl (C=O) groups excluding carboxylic acids is 1. The van der Waals surface area contributed by atoms with Crippen molar-refractivity contribution in [1.29, 1.82) is 0 Å². The molecule has 0 saturated heterocycles. The number of rotatable bonds is 11. The van der Waals surface area contributed by atoms with Crippen molar-refractivity contribution in [3.8, 4) is 17.2 Å². The fraction of sp³-hybridized carbons (Fsp3) is 0.387. The predicted molar refractivity (Wildman–Crippen MR) is 161 cm³/mol. The summed E-state index contributed by atoms with van der Waals surface area (Å²) in [6, 6.07) is 10.6. The maximum Gasteiger partial charge on any atom is 0.338 e. The largest absolute Gasteiger partial charge is 0.496 e. The first-order chi connectivity index (χ1) is 19.8. The number of nitrogens with zero attached hydrogens (tertiary/aromatic N) is 3. The number of hydrogen-bond acceptors (Lipinski definition) is 9. The third kappa shape index (κ3) is 5.88. The van der Waals surface area contributed by atoms with Gasteiger partial charge < -0.3 is 23.8 Å². The first-order valence-electron chi connectivity index (χ1n) is 13.7. The number of methoxy groups -OCH3 is 2. The minimum absolute atomic E-state index is 0.197. The maximum absolute atomic E-state index is 14.0. The fourth-order valence-corrected chi connectivity index (χ4v) is 6.02. The number of fused-ring (bicyclic) bond motifs is 1. The summed E-state index contributed by atoms with van der Waals surface area (Å²) in [6.07, 6.45) is 1.81. The highest BCUT2D eigenvalue weighted by Crippen LogP contribution is 2.36. The van der Waals surface area contributed by atoms with E-state index in [1.165, 1.54) is 11.3 Å². The van der Waals surface area contributed by atoms with E-state index in [0.29, 0.717) is 50.0 Å². The predicted octanol–water partition coefficient (Wildman–Crippen LogP) is 4.06. The van der Waals surface area contributed by atoms with Gasteiger partial charge in [0.1, 0.15) is 5.75 Å². The molecule has 3 aromatic rings. The number of aromatic nitrogens is 1. The van der Waals surface area contributed by atoms with Crippen LogP contribution in [0.15, 0.2) is 57.5 Å². The van der Waals surface area contributed by atoms with Crippen molar-refractivity contribution in [2.75, 3.05) is 45.4 Å². The molecule has 4 rings (SSSR count). The van der Waals surface area contributed by atoms with E-state index in [-0.39, 0.29) is 12.2 Å². The zero-order valence-electron chi connectivity index (χ0n) is 24.6. The van der Waals surface area contributed by atoms with Crippen molar-refractivity contribution in [1.82, 2.24) is 4.57 Å². The van der Waals surface area contributed by atoms with Gasteiger partial charge in [-0.1, -0.05) is 17.4 Å². The molecule has 2 aromatic carbocycles. The number of benzene rings is 2. The van der Waals surface area contributed by atoms with E-state index in [1.54, 1.807) is 44.8 Å². The molecule has 1 aliphatic rings. The molecule has 0 amide bonds. The standard InChI is InChI=1S/C31H37N3O6S/c1-8-33(9-2)22-14-12-20(24(18-22)38-7)17-26-29(35)34-28(21-13-15-23(37-6)25(16-21)39-10-3)27(30(36)40-11-4)19(5)32-31(34)41-26/h12-18,28H,8-11H2,1-7H3/t28-/m1/s1. The molecule has 0 saturated carbocycles. The van der Waals surface area contributed by atoms with E-state index in [4.69, 9.17) is 18.9 Å². The first-order valence-corrected chi connectivity index (χ1v) is 14.6. The van der Waals surface area contributed by atoms with Gasteiger partial charge in [0.25, 0.3) is 5.56 Å². The monoisotopic (exact) mass is 579 g/mol. The quantitative estimate of drug-likeness (QED) is 0.317. The van der Waals surface area contributed by atoms with Crippen LogP contribution in [-0.2, 0) is 9.53 Å². The molecule has 218 valence electrons.